The van der Waals surface area contributed by atoms with Crippen LogP contribution in [-0.4, -0.2) is 58.8 Å². The molecule has 2 aliphatic heterocycles. The Kier molecular flexibility index (Phi) is 6.06. The number of carbonyl (C=O) groups excluding carboxylic acids is 2. The zero-order chi connectivity index (χ0) is 20.2. The van der Waals surface area contributed by atoms with E-state index in [9.17, 15) is 9.59 Å². The van der Waals surface area contributed by atoms with Crippen LogP contribution in [0.3, 0.4) is 0 Å². The van der Waals surface area contributed by atoms with E-state index in [0.717, 1.165) is 38.3 Å². The highest BCUT2D eigenvalue weighted by atomic mass is 32.1. The first-order chi connectivity index (χ1) is 14.1. The Balaban J connectivity index is 1.40. The van der Waals surface area contributed by atoms with Crippen LogP contribution in [0.15, 0.2) is 41.8 Å². The maximum atomic E-state index is 12.6. The molecule has 0 N–H and O–H groups in total. The Morgan fingerprint density at radius 1 is 1.17 bits per heavy atom. The maximum absolute atomic E-state index is 12.6. The van der Waals surface area contributed by atoms with Gasteiger partial charge >= 0.3 is 0 Å². The Morgan fingerprint density at radius 3 is 2.66 bits per heavy atom. The number of nitrogens with zero attached hydrogens (tertiary/aromatic N) is 4. The van der Waals surface area contributed by atoms with Crippen molar-refractivity contribution in [2.45, 2.75) is 32.2 Å². The molecule has 1 unspecified atom stereocenters. The van der Waals surface area contributed by atoms with Gasteiger partial charge in [-0.3, -0.25) is 19.4 Å². The third kappa shape index (κ3) is 4.57. The lowest BCUT2D eigenvalue weighted by molar-refractivity contribution is -0.125. The molecule has 0 aliphatic carbocycles. The molecule has 1 aromatic heterocycles. The predicted molar refractivity (Wildman–Crippen MR) is 116 cm³/mol. The van der Waals surface area contributed by atoms with Gasteiger partial charge < -0.3 is 4.90 Å². The third-order valence-corrected chi connectivity index (χ3v) is 6.40. The minimum atomic E-state index is -0.0952. The second-order valence-corrected chi connectivity index (χ2v) is 8.38. The zero-order valence-electron chi connectivity index (χ0n) is 16.7. The quantitative estimate of drug-likeness (QED) is 0.708. The molecule has 0 spiro atoms. The molecule has 4 rings (SSSR count). The number of amides is 2. The van der Waals surface area contributed by atoms with Gasteiger partial charge in [-0.2, -0.15) is 0 Å². The van der Waals surface area contributed by atoms with E-state index in [2.05, 4.69) is 9.88 Å². The zero-order valence-corrected chi connectivity index (χ0v) is 17.5. The van der Waals surface area contributed by atoms with Crippen molar-refractivity contribution in [3.8, 4) is 0 Å². The van der Waals surface area contributed by atoms with Crippen LogP contribution in [0.1, 0.15) is 31.9 Å². The third-order valence-electron chi connectivity index (χ3n) is 5.56. The highest BCUT2D eigenvalue weighted by molar-refractivity contribution is 7.14. The molecule has 2 aliphatic rings. The summed E-state index contributed by atoms with van der Waals surface area (Å²) in [5.74, 6) is -0.0603. The average molecular weight is 411 g/mol. The van der Waals surface area contributed by atoms with Gasteiger partial charge in [-0.15, -0.1) is 11.3 Å². The van der Waals surface area contributed by atoms with Gasteiger partial charge in [0.05, 0.1) is 11.4 Å². The summed E-state index contributed by atoms with van der Waals surface area (Å²) in [5, 5.41) is 2.47. The van der Waals surface area contributed by atoms with Gasteiger partial charge in [0.25, 0.3) is 0 Å². The van der Waals surface area contributed by atoms with Gasteiger partial charge in [-0.25, -0.2) is 4.98 Å². The molecular weight excluding hydrogens is 384 g/mol. The molecule has 7 heteroatoms. The smallest absolute Gasteiger partial charge is 0.246 e. The van der Waals surface area contributed by atoms with Gasteiger partial charge in [-0.1, -0.05) is 18.2 Å². The molecule has 1 atom stereocenters. The highest BCUT2D eigenvalue weighted by Gasteiger charge is 2.30. The van der Waals surface area contributed by atoms with Crippen LogP contribution in [0, 0.1) is 0 Å². The van der Waals surface area contributed by atoms with Gasteiger partial charge in [0.15, 0.2) is 5.13 Å². The number of para-hydroxylation sites is 1. The largest absolute Gasteiger partial charge is 0.338 e. The van der Waals surface area contributed by atoms with Crippen LogP contribution in [0.4, 0.5) is 10.8 Å². The standard InChI is InChI=1S/C22H26N4O2S/c1-17(27)26(19-7-3-2-4-8-19)22-23-18(16-29-22)9-10-21(28)25-14-11-20(15-25)24-12-5-6-13-24/h2-4,7-10,16,20H,5-6,11-15H2,1H3/b10-9+. The number of thiazole rings is 1. The van der Waals surface area contributed by atoms with E-state index < -0.39 is 0 Å². The lowest BCUT2D eigenvalue weighted by atomic mass is 10.2. The molecule has 2 saturated heterocycles. The molecule has 3 heterocycles. The summed E-state index contributed by atoms with van der Waals surface area (Å²) < 4.78 is 0. The van der Waals surface area contributed by atoms with Crippen LogP contribution in [0.2, 0.25) is 0 Å². The molecule has 2 amide bonds. The van der Waals surface area contributed by atoms with Crippen molar-refractivity contribution < 1.29 is 9.59 Å². The second-order valence-electron chi connectivity index (χ2n) is 7.55. The fourth-order valence-electron chi connectivity index (χ4n) is 4.07. The Morgan fingerprint density at radius 2 is 1.93 bits per heavy atom. The number of likely N-dealkylation sites (tertiary alicyclic amines) is 2. The van der Waals surface area contributed by atoms with E-state index in [1.807, 2.05) is 40.6 Å². The van der Waals surface area contributed by atoms with Crippen molar-refractivity contribution >= 4 is 40.0 Å². The Bertz CT molecular complexity index is 889. The number of benzene rings is 1. The molecule has 0 bridgehead atoms. The predicted octanol–water partition coefficient (Wildman–Crippen LogP) is 3.54. The van der Waals surface area contributed by atoms with Crippen LogP contribution < -0.4 is 4.90 Å². The summed E-state index contributed by atoms with van der Waals surface area (Å²) in [6.45, 7) is 5.49. The Labute approximate surface area is 175 Å². The molecular formula is C22H26N4O2S. The van der Waals surface area contributed by atoms with Crippen molar-refractivity contribution in [1.82, 2.24) is 14.8 Å². The first kappa shape index (κ1) is 19.8. The summed E-state index contributed by atoms with van der Waals surface area (Å²) in [6, 6.07) is 9.97. The topological polar surface area (TPSA) is 56.8 Å². The number of aromatic nitrogens is 1. The number of anilines is 2. The summed E-state index contributed by atoms with van der Waals surface area (Å²) in [6.07, 6.45) is 6.96. The first-order valence-corrected chi connectivity index (χ1v) is 11.0. The molecule has 1 aromatic carbocycles. The minimum absolute atomic E-state index is 0.0349. The molecule has 152 valence electrons. The van der Waals surface area contributed by atoms with E-state index in [1.165, 1.54) is 31.1 Å². The molecule has 0 radical (unpaired) electrons. The summed E-state index contributed by atoms with van der Waals surface area (Å²) >= 11 is 1.39. The number of carbonyl (C=O) groups is 2. The van der Waals surface area contributed by atoms with Crippen molar-refractivity contribution in [3.63, 3.8) is 0 Å². The van der Waals surface area contributed by atoms with Crippen LogP contribution in [0.5, 0.6) is 0 Å². The van der Waals surface area contributed by atoms with Crippen molar-refractivity contribution in [2.75, 3.05) is 31.1 Å². The van der Waals surface area contributed by atoms with Crippen molar-refractivity contribution in [3.05, 3.63) is 47.5 Å². The average Bonchev–Trinajstić information content (AvgIpc) is 3.47. The summed E-state index contributed by atoms with van der Waals surface area (Å²) in [7, 11) is 0. The van der Waals surface area contributed by atoms with Crippen molar-refractivity contribution in [2.24, 2.45) is 0 Å². The van der Waals surface area contributed by atoms with Gasteiger partial charge in [0, 0.05) is 37.5 Å². The van der Waals surface area contributed by atoms with Crippen LogP contribution in [-0.2, 0) is 9.59 Å². The SMILES string of the molecule is CC(=O)N(c1ccccc1)c1nc(/C=C/C(=O)N2CCC(N3CCCC3)C2)cs1. The van der Waals surface area contributed by atoms with E-state index in [4.69, 9.17) is 0 Å². The van der Waals surface area contributed by atoms with Crippen molar-refractivity contribution in [1.29, 1.82) is 0 Å². The fraction of sp³-hybridized carbons (Fsp3) is 0.409. The van der Waals surface area contributed by atoms with E-state index in [0.29, 0.717) is 16.9 Å². The number of rotatable bonds is 5. The lowest BCUT2D eigenvalue weighted by Gasteiger charge is -2.23. The summed E-state index contributed by atoms with van der Waals surface area (Å²) in [5.41, 5.74) is 1.47. The summed E-state index contributed by atoms with van der Waals surface area (Å²) in [4.78, 5) is 35.3. The van der Waals surface area contributed by atoms with E-state index in [1.54, 1.807) is 17.1 Å². The van der Waals surface area contributed by atoms with Crippen LogP contribution in [0.25, 0.3) is 6.08 Å². The number of hydrogen-bond donors (Lipinski definition) is 0. The monoisotopic (exact) mass is 410 g/mol. The normalized spacial score (nSPS) is 19.9. The Hall–Kier alpha value is -2.51. The molecule has 29 heavy (non-hydrogen) atoms. The molecule has 2 aromatic rings. The maximum Gasteiger partial charge on any atom is 0.246 e. The van der Waals surface area contributed by atoms with Gasteiger partial charge in [-0.05, 0) is 50.6 Å². The van der Waals surface area contributed by atoms with E-state index >= 15 is 0 Å². The number of hydrogen-bond acceptors (Lipinski definition) is 5. The second kappa shape index (κ2) is 8.88. The van der Waals surface area contributed by atoms with E-state index in [-0.39, 0.29) is 11.8 Å². The minimum Gasteiger partial charge on any atom is -0.338 e. The molecule has 0 saturated carbocycles. The highest BCUT2D eigenvalue weighted by Crippen LogP contribution is 2.29. The molecule has 2 fully saturated rings. The van der Waals surface area contributed by atoms with Crippen LogP contribution >= 0.6 is 11.3 Å². The fourth-order valence-corrected chi connectivity index (χ4v) is 4.92. The van der Waals surface area contributed by atoms with Gasteiger partial charge in [0.1, 0.15) is 0 Å². The first-order valence-electron chi connectivity index (χ1n) is 10.1. The van der Waals surface area contributed by atoms with Gasteiger partial charge in [0.2, 0.25) is 11.8 Å². The lowest BCUT2D eigenvalue weighted by Crippen LogP contribution is -2.36. The molecule has 6 nitrogen and oxygen atoms in total.